The number of nitrogens with zero attached hydrogens (tertiary/aromatic N) is 1. The van der Waals surface area contributed by atoms with Gasteiger partial charge in [0.15, 0.2) is 6.10 Å². The molecule has 1 amide bonds. The van der Waals surface area contributed by atoms with Crippen molar-refractivity contribution in [1.82, 2.24) is 10.3 Å². The first-order valence-electron chi connectivity index (χ1n) is 4.31. The summed E-state index contributed by atoms with van der Waals surface area (Å²) in [7, 11) is 0. The second kappa shape index (κ2) is 5.17. The van der Waals surface area contributed by atoms with Crippen molar-refractivity contribution in [3.8, 4) is 0 Å². The first-order valence-corrected chi connectivity index (χ1v) is 4.31. The maximum atomic E-state index is 12.5. The number of aliphatic carboxylic acids is 1. The van der Waals surface area contributed by atoms with Crippen LogP contribution in [0.1, 0.15) is 10.5 Å². The van der Waals surface area contributed by atoms with Crippen LogP contribution in [0.25, 0.3) is 0 Å². The Morgan fingerprint density at radius 2 is 2.19 bits per heavy atom. The number of aliphatic hydroxyl groups excluding tert-OH is 1. The molecule has 0 aromatic carbocycles. The number of pyridine rings is 1. The maximum Gasteiger partial charge on any atom is 0.334 e. The SMILES string of the molecule is O=C(NC[C@H](O)C(=O)O)c1ccc(F)cn1. The lowest BCUT2D eigenvalue weighted by Crippen LogP contribution is -2.36. The van der Waals surface area contributed by atoms with Crippen molar-refractivity contribution in [2.75, 3.05) is 6.54 Å². The minimum atomic E-state index is -1.68. The highest BCUT2D eigenvalue weighted by atomic mass is 19.1. The molecule has 0 bridgehead atoms. The van der Waals surface area contributed by atoms with Gasteiger partial charge in [0.2, 0.25) is 0 Å². The van der Waals surface area contributed by atoms with Crippen LogP contribution in [0.4, 0.5) is 4.39 Å². The van der Waals surface area contributed by atoms with Crippen LogP contribution in [-0.4, -0.2) is 39.7 Å². The van der Waals surface area contributed by atoms with Gasteiger partial charge in [0, 0.05) is 0 Å². The third-order valence-corrected chi connectivity index (χ3v) is 1.70. The molecule has 0 unspecified atom stereocenters. The average molecular weight is 228 g/mol. The predicted molar refractivity (Wildman–Crippen MR) is 50.2 cm³/mol. The van der Waals surface area contributed by atoms with E-state index in [1.807, 2.05) is 0 Å². The molecule has 1 rings (SSSR count). The fourth-order valence-electron chi connectivity index (χ4n) is 0.877. The van der Waals surface area contributed by atoms with Gasteiger partial charge >= 0.3 is 5.97 Å². The molecule has 86 valence electrons. The molecule has 16 heavy (non-hydrogen) atoms. The normalized spacial score (nSPS) is 11.9. The zero-order valence-corrected chi connectivity index (χ0v) is 8.05. The van der Waals surface area contributed by atoms with Gasteiger partial charge in [0.05, 0.1) is 12.7 Å². The molecule has 1 aromatic rings. The molecule has 1 aromatic heterocycles. The van der Waals surface area contributed by atoms with Crippen LogP contribution in [0.3, 0.4) is 0 Å². The minimum absolute atomic E-state index is 0.0565. The largest absolute Gasteiger partial charge is 0.479 e. The number of hydrogen-bond donors (Lipinski definition) is 3. The Morgan fingerprint density at radius 3 is 2.69 bits per heavy atom. The third kappa shape index (κ3) is 3.28. The molecule has 0 aliphatic rings. The van der Waals surface area contributed by atoms with Crippen LogP contribution >= 0.6 is 0 Å². The molecule has 6 nitrogen and oxygen atoms in total. The van der Waals surface area contributed by atoms with E-state index in [4.69, 9.17) is 10.2 Å². The second-order valence-corrected chi connectivity index (χ2v) is 2.93. The van der Waals surface area contributed by atoms with Crippen molar-refractivity contribution in [3.05, 3.63) is 29.8 Å². The van der Waals surface area contributed by atoms with E-state index >= 15 is 0 Å². The quantitative estimate of drug-likeness (QED) is 0.638. The number of carbonyl (C=O) groups excluding carboxylic acids is 1. The van der Waals surface area contributed by atoms with E-state index in [2.05, 4.69) is 10.3 Å². The van der Waals surface area contributed by atoms with E-state index in [1.165, 1.54) is 0 Å². The van der Waals surface area contributed by atoms with E-state index in [9.17, 15) is 14.0 Å². The number of rotatable bonds is 4. The summed E-state index contributed by atoms with van der Waals surface area (Å²) in [6, 6.07) is 2.20. The van der Waals surface area contributed by atoms with E-state index in [0.717, 1.165) is 18.3 Å². The molecule has 3 N–H and O–H groups in total. The Balaban J connectivity index is 2.53. The Labute approximate surface area is 89.7 Å². The highest BCUT2D eigenvalue weighted by Crippen LogP contribution is 1.97. The van der Waals surface area contributed by atoms with Gasteiger partial charge in [-0.3, -0.25) is 4.79 Å². The molecule has 0 aliphatic carbocycles. The van der Waals surface area contributed by atoms with Gasteiger partial charge in [-0.15, -0.1) is 0 Å². The highest BCUT2D eigenvalue weighted by molar-refractivity contribution is 5.92. The fourth-order valence-corrected chi connectivity index (χ4v) is 0.877. The fraction of sp³-hybridized carbons (Fsp3) is 0.222. The molecule has 7 heteroatoms. The summed E-state index contributed by atoms with van der Waals surface area (Å²) in [5, 5.41) is 19.4. The molecule has 0 radical (unpaired) electrons. The smallest absolute Gasteiger partial charge is 0.334 e. The monoisotopic (exact) mass is 228 g/mol. The number of carboxylic acids is 1. The summed E-state index contributed by atoms with van der Waals surface area (Å²) in [5.41, 5.74) is -0.0565. The number of amides is 1. The molecule has 1 heterocycles. The predicted octanol–water partition coefficient (Wildman–Crippen LogP) is -0.604. The summed E-state index contributed by atoms with van der Waals surface area (Å²) in [5.74, 6) is -2.70. The lowest BCUT2D eigenvalue weighted by Gasteiger charge is -2.06. The maximum absolute atomic E-state index is 12.5. The van der Waals surface area contributed by atoms with Gasteiger partial charge in [-0.1, -0.05) is 0 Å². The number of aliphatic hydroxyl groups is 1. The summed E-state index contributed by atoms with van der Waals surface area (Å²) in [6.07, 6.45) is -0.813. The number of aromatic nitrogens is 1. The highest BCUT2D eigenvalue weighted by Gasteiger charge is 2.15. The number of hydrogen-bond acceptors (Lipinski definition) is 4. The van der Waals surface area contributed by atoms with E-state index in [-0.39, 0.29) is 5.69 Å². The van der Waals surface area contributed by atoms with Gasteiger partial charge in [0.25, 0.3) is 5.91 Å². The van der Waals surface area contributed by atoms with Gasteiger partial charge in [-0.05, 0) is 12.1 Å². The number of nitrogens with one attached hydrogen (secondary N) is 1. The standard InChI is InChI=1S/C9H9FN2O4/c10-5-1-2-6(11-3-5)8(14)12-4-7(13)9(15)16/h1-3,7,13H,4H2,(H,12,14)(H,15,16)/t7-/m0/s1. The topological polar surface area (TPSA) is 99.5 Å². The third-order valence-electron chi connectivity index (χ3n) is 1.70. The van der Waals surface area contributed by atoms with Gasteiger partial charge in [0.1, 0.15) is 11.5 Å². The van der Waals surface area contributed by atoms with Crippen LogP contribution in [0.15, 0.2) is 18.3 Å². The lowest BCUT2D eigenvalue weighted by atomic mass is 10.3. The van der Waals surface area contributed by atoms with Crippen LogP contribution in [0.5, 0.6) is 0 Å². The zero-order valence-electron chi connectivity index (χ0n) is 8.05. The molecule has 0 spiro atoms. The molecule has 0 saturated carbocycles. The van der Waals surface area contributed by atoms with Gasteiger partial charge in [-0.25, -0.2) is 14.2 Å². The molecule has 1 atom stereocenters. The Kier molecular flexibility index (Phi) is 3.90. The van der Waals surface area contributed by atoms with Crippen LogP contribution in [0.2, 0.25) is 0 Å². The molecular weight excluding hydrogens is 219 g/mol. The van der Waals surface area contributed by atoms with E-state index < -0.39 is 30.3 Å². The zero-order chi connectivity index (χ0) is 12.1. The van der Waals surface area contributed by atoms with E-state index in [0.29, 0.717) is 0 Å². The van der Waals surface area contributed by atoms with Crippen molar-refractivity contribution in [2.24, 2.45) is 0 Å². The van der Waals surface area contributed by atoms with Crippen molar-refractivity contribution >= 4 is 11.9 Å². The summed E-state index contributed by atoms with van der Waals surface area (Å²) < 4.78 is 12.5. The summed E-state index contributed by atoms with van der Waals surface area (Å²) in [4.78, 5) is 25.0. The first kappa shape index (κ1) is 12.1. The average Bonchev–Trinajstić information content (AvgIpc) is 2.26. The number of halogens is 1. The second-order valence-electron chi connectivity index (χ2n) is 2.93. The Bertz CT molecular complexity index is 393. The van der Waals surface area contributed by atoms with Crippen LogP contribution in [0, 0.1) is 5.82 Å². The van der Waals surface area contributed by atoms with Crippen molar-refractivity contribution in [2.45, 2.75) is 6.10 Å². The van der Waals surface area contributed by atoms with Crippen molar-refractivity contribution in [1.29, 1.82) is 0 Å². The lowest BCUT2D eigenvalue weighted by molar-refractivity contribution is -0.146. The molecule has 0 saturated heterocycles. The Morgan fingerprint density at radius 1 is 1.50 bits per heavy atom. The first-order chi connectivity index (χ1) is 7.50. The minimum Gasteiger partial charge on any atom is -0.479 e. The molecule has 0 aliphatic heterocycles. The molecule has 0 fully saturated rings. The van der Waals surface area contributed by atoms with Crippen LogP contribution in [-0.2, 0) is 4.79 Å². The van der Waals surface area contributed by atoms with Crippen LogP contribution < -0.4 is 5.32 Å². The summed E-state index contributed by atoms with van der Waals surface area (Å²) in [6.45, 7) is -0.437. The Hall–Kier alpha value is -2.02. The summed E-state index contributed by atoms with van der Waals surface area (Å²) >= 11 is 0. The van der Waals surface area contributed by atoms with E-state index in [1.54, 1.807) is 0 Å². The van der Waals surface area contributed by atoms with Gasteiger partial charge in [-0.2, -0.15) is 0 Å². The number of carbonyl (C=O) groups is 2. The van der Waals surface area contributed by atoms with Crippen molar-refractivity contribution in [3.63, 3.8) is 0 Å². The van der Waals surface area contributed by atoms with Crippen molar-refractivity contribution < 1.29 is 24.2 Å². The molecular formula is C9H9FN2O4. The van der Waals surface area contributed by atoms with Gasteiger partial charge < -0.3 is 15.5 Å². The number of carboxylic acid groups (broad SMARTS) is 1.